The van der Waals surface area contributed by atoms with Gasteiger partial charge < -0.3 is 10.6 Å². The van der Waals surface area contributed by atoms with E-state index in [-0.39, 0.29) is 11.7 Å². The molecular formula is C17H19FN2OS. The Kier molecular flexibility index (Phi) is 5.44. The third-order valence-electron chi connectivity index (χ3n) is 3.29. The van der Waals surface area contributed by atoms with E-state index in [9.17, 15) is 9.18 Å². The quantitative estimate of drug-likeness (QED) is 0.808. The van der Waals surface area contributed by atoms with Crippen LogP contribution in [0.15, 0.2) is 47.4 Å². The lowest BCUT2D eigenvalue weighted by Gasteiger charge is -2.16. The summed E-state index contributed by atoms with van der Waals surface area (Å²) in [4.78, 5) is 13.3. The van der Waals surface area contributed by atoms with Gasteiger partial charge in [0.15, 0.2) is 0 Å². The Labute approximate surface area is 134 Å². The van der Waals surface area contributed by atoms with Gasteiger partial charge in [0.1, 0.15) is 11.9 Å². The molecule has 0 saturated carbocycles. The molecule has 2 N–H and O–H groups in total. The van der Waals surface area contributed by atoms with Gasteiger partial charge in [-0.3, -0.25) is 4.79 Å². The van der Waals surface area contributed by atoms with Crippen molar-refractivity contribution in [1.82, 2.24) is 0 Å². The summed E-state index contributed by atoms with van der Waals surface area (Å²) in [5.41, 5.74) is 1.92. The van der Waals surface area contributed by atoms with Crippen molar-refractivity contribution in [2.75, 3.05) is 16.9 Å². The van der Waals surface area contributed by atoms with E-state index in [4.69, 9.17) is 0 Å². The average molecular weight is 318 g/mol. The third kappa shape index (κ3) is 4.24. The smallest absolute Gasteiger partial charge is 0.246 e. The number of hydrogen-bond acceptors (Lipinski definition) is 3. The van der Waals surface area contributed by atoms with Crippen molar-refractivity contribution in [2.24, 2.45) is 0 Å². The molecule has 1 amide bonds. The SMILES string of the molecule is CSc1cccc(NC(=O)C(C)Nc2ccc(C)c(F)c2)c1. The summed E-state index contributed by atoms with van der Waals surface area (Å²) >= 11 is 1.62. The number of carbonyl (C=O) groups excluding carboxylic acids is 1. The summed E-state index contributed by atoms with van der Waals surface area (Å²) in [5, 5.41) is 5.86. The minimum Gasteiger partial charge on any atom is -0.374 e. The van der Waals surface area contributed by atoms with Gasteiger partial charge in [-0.1, -0.05) is 12.1 Å². The number of halogens is 1. The van der Waals surface area contributed by atoms with E-state index in [0.29, 0.717) is 11.3 Å². The molecule has 2 aromatic rings. The molecule has 22 heavy (non-hydrogen) atoms. The predicted molar refractivity (Wildman–Crippen MR) is 91.1 cm³/mol. The van der Waals surface area contributed by atoms with Gasteiger partial charge in [0.25, 0.3) is 0 Å². The van der Waals surface area contributed by atoms with E-state index >= 15 is 0 Å². The molecule has 0 fully saturated rings. The second-order valence-electron chi connectivity index (χ2n) is 5.05. The second-order valence-corrected chi connectivity index (χ2v) is 5.93. The van der Waals surface area contributed by atoms with Crippen LogP contribution in [0.2, 0.25) is 0 Å². The van der Waals surface area contributed by atoms with Crippen LogP contribution in [-0.4, -0.2) is 18.2 Å². The molecule has 5 heteroatoms. The maximum atomic E-state index is 13.5. The molecule has 0 aliphatic carbocycles. The van der Waals surface area contributed by atoms with Crippen LogP contribution in [0.4, 0.5) is 15.8 Å². The van der Waals surface area contributed by atoms with Crippen molar-refractivity contribution in [1.29, 1.82) is 0 Å². The van der Waals surface area contributed by atoms with Crippen LogP contribution < -0.4 is 10.6 Å². The van der Waals surface area contributed by atoms with E-state index in [1.54, 1.807) is 37.7 Å². The van der Waals surface area contributed by atoms with Crippen LogP contribution in [0.5, 0.6) is 0 Å². The first-order valence-electron chi connectivity index (χ1n) is 6.97. The van der Waals surface area contributed by atoms with Crippen molar-refractivity contribution >= 4 is 29.0 Å². The molecule has 1 atom stereocenters. The van der Waals surface area contributed by atoms with Crippen molar-refractivity contribution in [3.8, 4) is 0 Å². The summed E-state index contributed by atoms with van der Waals surface area (Å²) in [6, 6.07) is 12.0. The average Bonchev–Trinajstić information content (AvgIpc) is 2.51. The van der Waals surface area contributed by atoms with Crippen LogP contribution in [0, 0.1) is 12.7 Å². The molecule has 116 valence electrons. The fraction of sp³-hybridized carbons (Fsp3) is 0.235. The van der Waals surface area contributed by atoms with Gasteiger partial charge in [-0.25, -0.2) is 4.39 Å². The van der Waals surface area contributed by atoms with Crippen LogP contribution in [-0.2, 0) is 4.79 Å². The largest absolute Gasteiger partial charge is 0.374 e. The van der Waals surface area contributed by atoms with Gasteiger partial charge in [0.2, 0.25) is 5.91 Å². The van der Waals surface area contributed by atoms with Crippen molar-refractivity contribution in [2.45, 2.75) is 24.8 Å². The molecule has 0 aromatic heterocycles. The Balaban J connectivity index is 2.00. The van der Waals surface area contributed by atoms with E-state index in [0.717, 1.165) is 10.6 Å². The number of carbonyl (C=O) groups is 1. The molecule has 0 aliphatic heterocycles. The number of aryl methyl sites for hydroxylation is 1. The normalized spacial score (nSPS) is 11.8. The van der Waals surface area contributed by atoms with Crippen LogP contribution in [0.1, 0.15) is 12.5 Å². The maximum absolute atomic E-state index is 13.5. The minimum atomic E-state index is -0.472. The standard InChI is InChI=1S/C17H19FN2OS/c1-11-7-8-14(10-16(11)18)19-12(2)17(21)20-13-5-4-6-15(9-13)22-3/h4-10,12,19H,1-3H3,(H,20,21). The lowest BCUT2D eigenvalue weighted by atomic mass is 10.2. The van der Waals surface area contributed by atoms with Crippen molar-refractivity contribution in [3.05, 3.63) is 53.8 Å². The Morgan fingerprint density at radius 1 is 1.18 bits per heavy atom. The first-order chi connectivity index (χ1) is 10.5. The van der Waals surface area contributed by atoms with E-state index in [2.05, 4.69) is 10.6 Å². The number of hydrogen-bond donors (Lipinski definition) is 2. The first kappa shape index (κ1) is 16.4. The number of rotatable bonds is 5. The zero-order valence-corrected chi connectivity index (χ0v) is 13.6. The highest BCUT2D eigenvalue weighted by atomic mass is 32.2. The summed E-state index contributed by atoms with van der Waals surface area (Å²) in [7, 11) is 0. The summed E-state index contributed by atoms with van der Waals surface area (Å²) in [5.74, 6) is -0.454. The number of thioether (sulfide) groups is 1. The Bertz CT molecular complexity index is 675. The molecule has 0 radical (unpaired) electrons. The van der Waals surface area contributed by atoms with Crippen LogP contribution in [0.3, 0.4) is 0 Å². The molecular weight excluding hydrogens is 299 g/mol. The highest BCUT2D eigenvalue weighted by Crippen LogP contribution is 2.19. The number of nitrogens with one attached hydrogen (secondary N) is 2. The van der Waals surface area contributed by atoms with Gasteiger partial charge in [-0.05, 0) is 56.0 Å². The number of anilines is 2. The Morgan fingerprint density at radius 3 is 2.64 bits per heavy atom. The third-order valence-corrected chi connectivity index (χ3v) is 4.01. The molecule has 0 spiro atoms. The van der Waals surface area contributed by atoms with Gasteiger partial charge >= 0.3 is 0 Å². The van der Waals surface area contributed by atoms with E-state index < -0.39 is 6.04 Å². The van der Waals surface area contributed by atoms with Gasteiger partial charge in [0, 0.05) is 16.3 Å². The maximum Gasteiger partial charge on any atom is 0.246 e. The Morgan fingerprint density at radius 2 is 1.95 bits per heavy atom. The molecule has 0 saturated heterocycles. The van der Waals surface area contributed by atoms with Crippen LogP contribution >= 0.6 is 11.8 Å². The highest BCUT2D eigenvalue weighted by molar-refractivity contribution is 7.98. The lowest BCUT2D eigenvalue weighted by molar-refractivity contribution is -0.116. The summed E-state index contributed by atoms with van der Waals surface area (Å²) in [6.07, 6.45) is 1.98. The highest BCUT2D eigenvalue weighted by Gasteiger charge is 2.13. The summed E-state index contributed by atoms with van der Waals surface area (Å²) < 4.78 is 13.5. The predicted octanol–water partition coefficient (Wildman–Crippen LogP) is 4.30. The van der Waals surface area contributed by atoms with E-state index in [1.807, 2.05) is 30.5 Å². The van der Waals surface area contributed by atoms with Gasteiger partial charge in [-0.15, -0.1) is 11.8 Å². The Hall–Kier alpha value is -2.01. The zero-order valence-electron chi connectivity index (χ0n) is 12.8. The molecule has 0 heterocycles. The fourth-order valence-electron chi connectivity index (χ4n) is 1.95. The summed E-state index contributed by atoms with van der Waals surface area (Å²) in [6.45, 7) is 3.44. The van der Waals surface area contributed by atoms with Crippen molar-refractivity contribution in [3.63, 3.8) is 0 Å². The monoisotopic (exact) mass is 318 g/mol. The minimum absolute atomic E-state index is 0.167. The molecule has 2 aromatic carbocycles. The molecule has 2 rings (SSSR count). The first-order valence-corrected chi connectivity index (χ1v) is 8.19. The topological polar surface area (TPSA) is 41.1 Å². The number of amides is 1. The zero-order chi connectivity index (χ0) is 16.1. The molecule has 0 aliphatic rings. The number of benzene rings is 2. The van der Waals surface area contributed by atoms with Gasteiger partial charge in [0.05, 0.1) is 0 Å². The van der Waals surface area contributed by atoms with Crippen molar-refractivity contribution < 1.29 is 9.18 Å². The lowest BCUT2D eigenvalue weighted by Crippen LogP contribution is -2.31. The fourth-order valence-corrected chi connectivity index (χ4v) is 2.41. The molecule has 1 unspecified atom stereocenters. The molecule has 3 nitrogen and oxygen atoms in total. The molecule has 0 bridgehead atoms. The second kappa shape index (κ2) is 7.31. The van der Waals surface area contributed by atoms with Gasteiger partial charge in [-0.2, -0.15) is 0 Å². The van der Waals surface area contributed by atoms with Crippen LogP contribution in [0.25, 0.3) is 0 Å². The van der Waals surface area contributed by atoms with E-state index in [1.165, 1.54) is 6.07 Å².